The zero-order valence-electron chi connectivity index (χ0n) is 18.8. The van der Waals surface area contributed by atoms with Gasteiger partial charge >= 0.3 is 5.97 Å². The standard InChI is InChI=1S/C24H24N2O5S2/c1-5-30-17-12-15(9-10-16(17)29-4)13-19-22(27)26-21(18-8-7-11-32-18)20(23(28)31-6-2)14(3)25-24(26)33-19/h7-13,21H,5-6H2,1-4H3. The minimum Gasteiger partial charge on any atom is -0.493 e. The van der Waals surface area contributed by atoms with Crippen LogP contribution in [0.1, 0.15) is 37.3 Å². The number of allylic oxidation sites excluding steroid dienone is 1. The lowest BCUT2D eigenvalue weighted by Crippen LogP contribution is -2.39. The van der Waals surface area contributed by atoms with Crippen molar-refractivity contribution >= 4 is 34.7 Å². The first-order valence-corrected chi connectivity index (χ1v) is 12.2. The number of hydrogen-bond donors (Lipinski definition) is 0. The number of hydrogen-bond acceptors (Lipinski definition) is 8. The quantitative estimate of drug-likeness (QED) is 0.481. The minimum atomic E-state index is -0.572. The fourth-order valence-corrected chi connectivity index (χ4v) is 5.58. The summed E-state index contributed by atoms with van der Waals surface area (Å²) >= 11 is 2.78. The summed E-state index contributed by atoms with van der Waals surface area (Å²) in [6.45, 7) is 6.18. The van der Waals surface area contributed by atoms with Gasteiger partial charge in [-0.2, -0.15) is 0 Å². The van der Waals surface area contributed by atoms with Crippen LogP contribution < -0.4 is 24.4 Å². The smallest absolute Gasteiger partial charge is 0.338 e. The summed E-state index contributed by atoms with van der Waals surface area (Å²) in [5.74, 6) is 0.782. The summed E-state index contributed by atoms with van der Waals surface area (Å²) in [4.78, 5) is 32.4. The predicted octanol–water partition coefficient (Wildman–Crippen LogP) is 3.27. The number of methoxy groups -OCH3 is 1. The number of aromatic nitrogens is 1. The number of fused-ring (bicyclic) bond motifs is 1. The Balaban J connectivity index is 1.88. The molecule has 0 spiro atoms. The maximum Gasteiger partial charge on any atom is 0.338 e. The van der Waals surface area contributed by atoms with Crippen LogP contribution in [0.4, 0.5) is 0 Å². The van der Waals surface area contributed by atoms with Gasteiger partial charge < -0.3 is 14.2 Å². The molecule has 3 aromatic rings. The molecule has 4 rings (SSSR count). The number of rotatable bonds is 7. The Hall–Kier alpha value is -3.17. The summed E-state index contributed by atoms with van der Waals surface area (Å²) in [6, 6.07) is 8.77. The molecule has 9 heteroatoms. The van der Waals surface area contributed by atoms with Gasteiger partial charge in [0.1, 0.15) is 6.04 Å². The molecule has 0 aliphatic carbocycles. The SMILES string of the molecule is CCOC(=O)C1=C(C)N=c2sc(=Cc3ccc(OC)c(OCC)c3)c(=O)n2C1c1cccs1. The molecule has 0 radical (unpaired) electrons. The van der Waals surface area contributed by atoms with Crippen LogP contribution in [0.2, 0.25) is 0 Å². The van der Waals surface area contributed by atoms with E-state index in [2.05, 4.69) is 4.99 Å². The molecule has 1 aliphatic heterocycles. The highest BCUT2D eigenvalue weighted by Gasteiger charge is 2.33. The molecule has 1 aromatic carbocycles. The molecule has 0 bridgehead atoms. The molecule has 172 valence electrons. The molecule has 1 atom stereocenters. The molecule has 1 aliphatic rings. The van der Waals surface area contributed by atoms with Gasteiger partial charge in [-0.05, 0) is 56.0 Å². The largest absolute Gasteiger partial charge is 0.493 e. The normalized spacial score (nSPS) is 15.8. The van der Waals surface area contributed by atoms with Gasteiger partial charge in [-0.3, -0.25) is 9.36 Å². The van der Waals surface area contributed by atoms with Gasteiger partial charge in [-0.25, -0.2) is 9.79 Å². The lowest BCUT2D eigenvalue weighted by molar-refractivity contribution is -0.139. The van der Waals surface area contributed by atoms with Crippen LogP contribution in [0.15, 0.2) is 56.8 Å². The molecule has 3 heterocycles. The number of esters is 1. The van der Waals surface area contributed by atoms with Crippen molar-refractivity contribution in [2.24, 2.45) is 4.99 Å². The third-order valence-electron chi connectivity index (χ3n) is 5.11. The Morgan fingerprint density at radius 1 is 1.21 bits per heavy atom. The molecule has 33 heavy (non-hydrogen) atoms. The molecule has 1 unspecified atom stereocenters. The monoisotopic (exact) mass is 484 g/mol. The summed E-state index contributed by atoms with van der Waals surface area (Å²) in [6.07, 6.45) is 1.81. The summed E-state index contributed by atoms with van der Waals surface area (Å²) in [5.41, 5.74) is 1.54. The molecule has 7 nitrogen and oxygen atoms in total. The fraction of sp³-hybridized carbons (Fsp3) is 0.292. The highest BCUT2D eigenvalue weighted by Crippen LogP contribution is 2.33. The molecule has 2 aromatic heterocycles. The second-order valence-corrected chi connectivity index (χ2v) is 9.15. The molecule has 0 fully saturated rings. The first-order valence-electron chi connectivity index (χ1n) is 10.5. The van der Waals surface area contributed by atoms with Crippen molar-refractivity contribution in [1.82, 2.24) is 4.57 Å². The lowest BCUT2D eigenvalue weighted by Gasteiger charge is -2.23. The Morgan fingerprint density at radius 2 is 2.03 bits per heavy atom. The maximum absolute atomic E-state index is 13.5. The molecule has 0 N–H and O–H groups in total. The van der Waals surface area contributed by atoms with Gasteiger partial charge in [0.25, 0.3) is 5.56 Å². The lowest BCUT2D eigenvalue weighted by atomic mass is 10.0. The Labute approximate surface area is 198 Å². The Morgan fingerprint density at radius 3 is 2.70 bits per heavy atom. The molecule has 0 saturated heterocycles. The zero-order chi connectivity index (χ0) is 23.5. The average Bonchev–Trinajstić information content (AvgIpc) is 3.42. The van der Waals surface area contributed by atoms with E-state index in [1.165, 1.54) is 22.7 Å². The summed E-state index contributed by atoms with van der Waals surface area (Å²) in [7, 11) is 1.59. The third-order valence-corrected chi connectivity index (χ3v) is 7.02. The van der Waals surface area contributed by atoms with Gasteiger partial charge in [0.05, 0.1) is 36.1 Å². The van der Waals surface area contributed by atoms with Crippen molar-refractivity contribution in [3.63, 3.8) is 0 Å². The van der Waals surface area contributed by atoms with Crippen molar-refractivity contribution < 1.29 is 19.0 Å². The number of benzene rings is 1. The van der Waals surface area contributed by atoms with E-state index in [0.29, 0.717) is 38.7 Å². The molecular weight excluding hydrogens is 460 g/mol. The number of ether oxygens (including phenoxy) is 3. The van der Waals surface area contributed by atoms with E-state index in [-0.39, 0.29) is 12.2 Å². The van der Waals surface area contributed by atoms with E-state index in [1.54, 1.807) is 31.6 Å². The Kier molecular flexibility index (Phi) is 6.80. The van der Waals surface area contributed by atoms with Crippen molar-refractivity contribution in [1.29, 1.82) is 0 Å². The predicted molar refractivity (Wildman–Crippen MR) is 129 cm³/mol. The zero-order valence-corrected chi connectivity index (χ0v) is 20.4. The van der Waals surface area contributed by atoms with E-state index in [4.69, 9.17) is 14.2 Å². The van der Waals surface area contributed by atoms with Crippen molar-refractivity contribution in [2.75, 3.05) is 20.3 Å². The fourth-order valence-electron chi connectivity index (χ4n) is 3.71. The minimum absolute atomic E-state index is 0.208. The van der Waals surface area contributed by atoms with E-state index >= 15 is 0 Å². The van der Waals surface area contributed by atoms with Gasteiger partial charge in [-0.1, -0.05) is 23.5 Å². The molecule has 0 amide bonds. The van der Waals surface area contributed by atoms with Crippen molar-refractivity contribution in [3.05, 3.63) is 77.1 Å². The van der Waals surface area contributed by atoms with Crippen LogP contribution in [0.5, 0.6) is 11.5 Å². The van der Waals surface area contributed by atoms with Crippen LogP contribution >= 0.6 is 22.7 Å². The van der Waals surface area contributed by atoms with E-state index in [0.717, 1.165) is 10.4 Å². The number of nitrogens with zero attached hydrogens (tertiary/aromatic N) is 2. The highest BCUT2D eigenvalue weighted by atomic mass is 32.1. The van der Waals surface area contributed by atoms with Gasteiger partial charge in [0, 0.05) is 4.88 Å². The number of thiophene rings is 1. The van der Waals surface area contributed by atoms with Gasteiger partial charge in [0.2, 0.25) is 0 Å². The first-order chi connectivity index (χ1) is 16.0. The summed E-state index contributed by atoms with van der Waals surface area (Å²) < 4.78 is 18.4. The first kappa shape index (κ1) is 23.0. The van der Waals surface area contributed by atoms with Crippen LogP contribution in [0.25, 0.3) is 6.08 Å². The van der Waals surface area contributed by atoms with E-state index < -0.39 is 12.0 Å². The van der Waals surface area contributed by atoms with Crippen LogP contribution in [0, 0.1) is 0 Å². The maximum atomic E-state index is 13.5. The third kappa shape index (κ3) is 4.38. The number of carbonyl (C=O) groups is 1. The topological polar surface area (TPSA) is 79.1 Å². The number of carbonyl (C=O) groups excluding carboxylic acids is 1. The van der Waals surface area contributed by atoms with Crippen molar-refractivity contribution in [2.45, 2.75) is 26.8 Å². The van der Waals surface area contributed by atoms with Gasteiger partial charge in [-0.15, -0.1) is 11.3 Å². The van der Waals surface area contributed by atoms with Crippen LogP contribution in [-0.4, -0.2) is 30.9 Å². The second-order valence-electron chi connectivity index (χ2n) is 7.16. The van der Waals surface area contributed by atoms with Crippen LogP contribution in [-0.2, 0) is 9.53 Å². The van der Waals surface area contributed by atoms with E-state index in [9.17, 15) is 9.59 Å². The van der Waals surface area contributed by atoms with Crippen molar-refractivity contribution in [3.8, 4) is 11.5 Å². The van der Waals surface area contributed by atoms with Gasteiger partial charge in [0.15, 0.2) is 16.3 Å². The average molecular weight is 485 g/mol. The highest BCUT2D eigenvalue weighted by molar-refractivity contribution is 7.10. The summed E-state index contributed by atoms with van der Waals surface area (Å²) in [5, 5.41) is 1.93. The number of thiazole rings is 1. The molecule has 0 saturated carbocycles. The second kappa shape index (κ2) is 9.76. The van der Waals surface area contributed by atoms with Crippen LogP contribution in [0.3, 0.4) is 0 Å². The van der Waals surface area contributed by atoms with E-state index in [1.807, 2.05) is 42.6 Å². The molecular formula is C24H24N2O5S2. The Bertz CT molecular complexity index is 1380.